The van der Waals surface area contributed by atoms with E-state index in [9.17, 15) is 4.79 Å². The SMILES string of the molecule is C/[Si](c1ccccc1)=[Ti+2](/[NH]C(=O)c1ccccc1)[CH]1c2ccccc2-c2ccccc21.[Cl-].[Cl-]. The van der Waals surface area contributed by atoms with Crippen molar-refractivity contribution in [2.45, 2.75) is 10.8 Å². The third-order valence-corrected chi connectivity index (χ3v) is 17.5. The third kappa shape index (κ3) is 5.03. The zero-order valence-corrected chi connectivity index (χ0v) is 22.2. The van der Waals surface area contributed by atoms with Crippen molar-refractivity contribution in [1.82, 2.24) is 3.80 Å². The number of halogens is 2. The van der Waals surface area contributed by atoms with Gasteiger partial charge < -0.3 is 24.8 Å². The van der Waals surface area contributed by atoms with Gasteiger partial charge in [0.05, 0.1) is 0 Å². The number of carbonyl (C=O) groups excluding carboxylic acids is 1. The van der Waals surface area contributed by atoms with Gasteiger partial charge in [-0.05, 0) is 0 Å². The van der Waals surface area contributed by atoms with E-state index in [1.165, 1.54) is 27.4 Å². The fourth-order valence-electron chi connectivity index (χ4n) is 4.48. The first-order chi connectivity index (χ1) is 15.2. The maximum atomic E-state index is 13.3. The average molecular weight is 524 g/mol. The molecule has 6 heteroatoms. The van der Waals surface area contributed by atoms with E-state index in [0.717, 1.165) is 5.56 Å². The molecular weight excluding hydrogens is 501 g/mol. The van der Waals surface area contributed by atoms with E-state index in [-0.39, 0.29) is 30.7 Å². The van der Waals surface area contributed by atoms with Crippen LogP contribution in [0.2, 0.25) is 6.55 Å². The summed E-state index contributed by atoms with van der Waals surface area (Å²) in [7, 11) is 0. The quantitative estimate of drug-likeness (QED) is 0.351. The van der Waals surface area contributed by atoms with Crippen LogP contribution in [-0.2, 0) is 16.9 Å². The maximum absolute atomic E-state index is 13.3. The van der Waals surface area contributed by atoms with Crippen LogP contribution in [0, 0.1) is 0 Å². The van der Waals surface area contributed by atoms with Crippen molar-refractivity contribution in [3.8, 4) is 11.1 Å². The van der Waals surface area contributed by atoms with Crippen LogP contribution in [-0.4, -0.2) is 12.1 Å². The van der Waals surface area contributed by atoms with E-state index >= 15 is 0 Å². The summed E-state index contributed by atoms with van der Waals surface area (Å²) in [5, 5.41) is 1.40. The van der Waals surface area contributed by atoms with Gasteiger partial charge in [0.15, 0.2) is 0 Å². The van der Waals surface area contributed by atoms with Gasteiger partial charge in [-0.15, -0.1) is 0 Å². The van der Waals surface area contributed by atoms with Crippen molar-refractivity contribution in [1.29, 1.82) is 0 Å². The second kappa shape index (κ2) is 11.3. The number of hydrogen-bond donors (Lipinski definition) is 1. The predicted octanol–water partition coefficient (Wildman–Crippen LogP) is -0.744. The second-order valence-corrected chi connectivity index (χ2v) is 18.0. The molecule has 5 rings (SSSR count). The van der Waals surface area contributed by atoms with Crippen molar-refractivity contribution in [2.75, 3.05) is 0 Å². The summed E-state index contributed by atoms with van der Waals surface area (Å²) >= 11 is -2.17. The van der Waals surface area contributed by atoms with E-state index in [0.29, 0.717) is 4.22 Å². The van der Waals surface area contributed by atoms with Gasteiger partial charge in [-0.2, -0.15) is 0 Å². The maximum Gasteiger partial charge on any atom is -1.00 e. The summed E-state index contributed by atoms with van der Waals surface area (Å²) in [6.45, 7) is 2.39. The Morgan fingerprint density at radius 3 is 1.70 bits per heavy atom. The van der Waals surface area contributed by atoms with Gasteiger partial charge in [0.2, 0.25) is 0 Å². The molecule has 0 atom stereocenters. The molecule has 1 aliphatic carbocycles. The number of hydrogen-bond acceptors (Lipinski definition) is 1. The topological polar surface area (TPSA) is 29.1 Å². The molecule has 0 unspecified atom stereocenters. The standard InChI is InChI=1S/C13H9.C7H7NO.C7H8Si.2ClH.Ti/c1-3-7-12-10(5-1)9-11-6-2-4-8-13(11)12;8-7(9)6-4-2-1-3-5-6;1-8-7-5-3-2-4-6-7;;;/h1-9H;1-5H,(H2,8,9);2-6H,1H3;2*1H;/q;;;;;+3/p-3. The molecule has 0 aromatic heterocycles. The number of fused-ring (bicyclic) bond motifs is 3. The van der Waals surface area contributed by atoms with Gasteiger partial charge in [-0.1, -0.05) is 0 Å². The molecule has 0 spiro atoms. The van der Waals surface area contributed by atoms with E-state index in [1.807, 2.05) is 30.3 Å². The molecule has 4 aromatic carbocycles. The minimum absolute atomic E-state index is 0. The molecule has 164 valence electrons. The summed E-state index contributed by atoms with van der Waals surface area (Å²) in [6.07, 6.45) is -0.939. The molecule has 0 aliphatic heterocycles. The minimum Gasteiger partial charge on any atom is -1.00 e. The summed E-state index contributed by atoms with van der Waals surface area (Å²) < 4.78 is 3.93. The summed E-state index contributed by atoms with van der Waals surface area (Å²) in [6, 6.07) is 37.9. The van der Waals surface area contributed by atoms with Crippen LogP contribution in [0.3, 0.4) is 0 Å². The number of rotatable bonds is 4. The first-order valence-corrected chi connectivity index (χ1v) is 16.6. The molecule has 0 radical (unpaired) electrons. The number of nitrogens with one attached hydrogen (secondary N) is 1. The Bertz CT molecular complexity index is 1250. The summed E-state index contributed by atoms with van der Waals surface area (Å²) in [4.78, 5) is 13.3. The summed E-state index contributed by atoms with van der Waals surface area (Å²) in [5.74, 6) is 0.0674. The number of amides is 1. The fourth-order valence-corrected chi connectivity index (χ4v) is 15.6. The second-order valence-electron chi connectivity index (χ2n) is 7.83. The Kier molecular flexibility index (Phi) is 8.75. The molecule has 0 bridgehead atoms. The Hall–Kier alpha value is -2.14. The molecule has 1 N–H and O–H groups in total. The predicted molar refractivity (Wildman–Crippen MR) is 125 cm³/mol. The zero-order valence-electron chi connectivity index (χ0n) is 18.1. The van der Waals surface area contributed by atoms with E-state index < -0.39 is 23.0 Å². The zero-order chi connectivity index (χ0) is 21.2. The summed E-state index contributed by atoms with van der Waals surface area (Å²) in [5.41, 5.74) is 6.16. The molecular formula is C27H23Cl2NOSiTi. The van der Waals surface area contributed by atoms with Crippen LogP contribution in [0.25, 0.3) is 11.1 Å². The van der Waals surface area contributed by atoms with E-state index in [1.54, 1.807) is 0 Å². The van der Waals surface area contributed by atoms with Crippen LogP contribution in [0.4, 0.5) is 0 Å². The smallest absolute Gasteiger partial charge is 1.00 e. The third-order valence-electron chi connectivity index (χ3n) is 6.02. The van der Waals surface area contributed by atoms with Gasteiger partial charge in [-0.25, -0.2) is 0 Å². The average Bonchev–Trinajstić information content (AvgIpc) is 3.17. The van der Waals surface area contributed by atoms with Gasteiger partial charge in [0.25, 0.3) is 0 Å². The van der Waals surface area contributed by atoms with Gasteiger partial charge >= 0.3 is 191 Å². The van der Waals surface area contributed by atoms with Crippen LogP contribution >= 0.6 is 0 Å². The van der Waals surface area contributed by atoms with Crippen molar-refractivity contribution in [2.24, 2.45) is 0 Å². The molecule has 1 aliphatic rings. The number of carbonyl (C=O) groups is 1. The van der Waals surface area contributed by atoms with Crippen molar-refractivity contribution < 1.29 is 46.5 Å². The van der Waals surface area contributed by atoms with Crippen molar-refractivity contribution >= 4 is 17.3 Å². The normalized spacial score (nSPS) is 11.8. The van der Waals surface area contributed by atoms with Crippen LogP contribution in [0.5, 0.6) is 0 Å². The fraction of sp³-hybridized carbons (Fsp3) is 0.0741. The molecule has 4 aromatic rings. The Labute approximate surface area is 214 Å². The number of benzene rings is 4. The largest absolute Gasteiger partial charge is 1.00 e. The van der Waals surface area contributed by atoms with Gasteiger partial charge in [0.1, 0.15) is 0 Å². The Balaban J connectivity index is 0.00000153. The van der Waals surface area contributed by atoms with Gasteiger partial charge in [-0.3, -0.25) is 0 Å². The van der Waals surface area contributed by atoms with Crippen LogP contribution in [0.15, 0.2) is 109 Å². The minimum atomic E-state index is -2.17. The molecule has 0 saturated carbocycles. The molecule has 0 heterocycles. The van der Waals surface area contributed by atoms with E-state index in [2.05, 4.69) is 89.2 Å². The van der Waals surface area contributed by atoms with Crippen LogP contribution in [0.1, 0.15) is 25.7 Å². The molecule has 0 fully saturated rings. The Morgan fingerprint density at radius 1 is 0.697 bits per heavy atom. The molecule has 0 saturated heterocycles. The van der Waals surface area contributed by atoms with Crippen molar-refractivity contribution in [3.63, 3.8) is 0 Å². The van der Waals surface area contributed by atoms with E-state index in [4.69, 9.17) is 0 Å². The van der Waals surface area contributed by atoms with Crippen molar-refractivity contribution in [3.05, 3.63) is 126 Å². The first kappa shape index (κ1) is 25.5. The molecule has 1 amide bonds. The molecule has 33 heavy (non-hydrogen) atoms. The van der Waals surface area contributed by atoms with Gasteiger partial charge in [0, 0.05) is 0 Å². The monoisotopic (exact) mass is 523 g/mol. The Morgan fingerprint density at radius 2 is 1.15 bits per heavy atom. The first-order valence-electron chi connectivity index (χ1n) is 10.5. The molecule has 2 nitrogen and oxygen atoms in total. The van der Waals surface area contributed by atoms with Crippen LogP contribution < -0.4 is 33.8 Å².